The van der Waals surface area contributed by atoms with E-state index < -0.39 is 30.5 Å². The fourth-order valence-electron chi connectivity index (χ4n) is 1.69. The van der Waals surface area contributed by atoms with Gasteiger partial charge in [0.25, 0.3) is 5.91 Å². The lowest BCUT2D eigenvalue weighted by molar-refractivity contribution is -0.141. The van der Waals surface area contributed by atoms with Gasteiger partial charge in [-0.15, -0.1) is 0 Å². The maximum Gasteiger partial charge on any atom is 0.433 e. The van der Waals surface area contributed by atoms with Crippen molar-refractivity contribution in [1.29, 1.82) is 0 Å². The van der Waals surface area contributed by atoms with Crippen LogP contribution in [0.3, 0.4) is 0 Å². The zero-order chi connectivity index (χ0) is 17.0. The summed E-state index contributed by atoms with van der Waals surface area (Å²) in [4.78, 5) is 15.6. The Bertz CT molecular complexity index is 495. The predicted octanol–water partition coefficient (Wildman–Crippen LogP) is 3.91. The Kier molecular flexibility index (Phi) is 5.78. The number of hydrogen-bond acceptors (Lipinski definition) is 2. The van der Waals surface area contributed by atoms with Crippen molar-refractivity contribution in [3.05, 3.63) is 29.6 Å². The summed E-state index contributed by atoms with van der Waals surface area (Å²) in [6, 6.07) is 1.40. The maximum atomic E-state index is 12.5. The molecule has 3 nitrogen and oxygen atoms in total. The van der Waals surface area contributed by atoms with Crippen LogP contribution in [-0.2, 0) is 6.18 Å². The van der Waals surface area contributed by atoms with Crippen molar-refractivity contribution in [2.45, 2.75) is 32.1 Å². The third-order valence-electron chi connectivity index (χ3n) is 2.74. The summed E-state index contributed by atoms with van der Waals surface area (Å²) >= 11 is 0. The Morgan fingerprint density at radius 1 is 1.18 bits per heavy atom. The van der Waals surface area contributed by atoms with Crippen LogP contribution in [-0.4, -0.2) is 35.1 Å². The van der Waals surface area contributed by atoms with Crippen LogP contribution in [0.5, 0.6) is 0 Å². The van der Waals surface area contributed by atoms with Crippen LogP contribution < -0.4 is 0 Å². The van der Waals surface area contributed by atoms with E-state index in [0.717, 1.165) is 6.07 Å². The number of nitrogens with zero attached hydrogens (tertiary/aromatic N) is 2. The molecule has 0 spiro atoms. The van der Waals surface area contributed by atoms with E-state index in [2.05, 4.69) is 4.98 Å². The van der Waals surface area contributed by atoms with Crippen LogP contribution in [0, 0.1) is 0 Å². The molecule has 0 bridgehead atoms. The summed E-state index contributed by atoms with van der Waals surface area (Å²) in [6.07, 6.45) is -7.68. The summed E-state index contributed by atoms with van der Waals surface area (Å²) in [6.45, 7) is 0.165. The lowest BCUT2D eigenvalue weighted by Gasteiger charge is -2.23. The van der Waals surface area contributed by atoms with Crippen LogP contribution >= 0.6 is 0 Å². The Labute approximate surface area is 122 Å². The van der Waals surface area contributed by atoms with Gasteiger partial charge in [-0.25, -0.2) is 0 Å². The highest BCUT2D eigenvalue weighted by molar-refractivity contribution is 5.94. The average molecular weight is 328 g/mol. The van der Waals surface area contributed by atoms with Gasteiger partial charge >= 0.3 is 12.4 Å². The average Bonchev–Trinajstić information content (AvgIpc) is 2.40. The van der Waals surface area contributed by atoms with Gasteiger partial charge in [-0.1, -0.05) is 13.3 Å². The van der Waals surface area contributed by atoms with Crippen LogP contribution in [0.4, 0.5) is 26.3 Å². The molecule has 0 aliphatic carbocycles. The van der Waals surface area contributed by atoms with Gasteiger partial charge < -0.3 is 4.90 Å². The molecule has 0 aliphatic heterocycles. The number of pyridine rings is 1. The van der Waals surface area contributed by atoms with E-state index in [4.69, 9.17) is 0 Å². The second-order valence-corrected chi connectivity index (χ2v) is 4.63. The molecule has 124 valence electrons. The molecule has 0 radical (unpaired) electrons. The number of alkyl halides is 6. The number of halogens is 6. The standard InChI is InChI=1S/C13H14F6N2O/c1-2-3-6-21(8-12(14,15)16)11(22)9-4-5-10(20-7-9)13(17,18)19/h4-5,7H,2-3,6,8H2,1H3. The van der Waals surface area contributed by atoms with Crippen LogP contribution in [0.25, 0.3) is 0 Å². The monoisotopic (exact) mass is 328 g/mol. The molecular formula is C13H14F6N2O. The highest BCUT2D eigenvalue weighted by Crippen LogP contribution is 2.27. The minimum atomic E-state index is -4.67. The molecule has 0 saturated heterocycles. The maximum absolute atomic E-state index is 12.5. The lowest BCUT2D eigenvalue weighted by Crippen LogP contribution is -2.39. The number of unbranched alkanes of at least 4 members (excludes halogenated alkanes) is 1. The van der Waals surface area contributed by atoms with Crippen LogP contribution in [0.1, 0.15) is 35.8 Å². The van der Waals surface area contributed by atoms with Crippen molar-refractivity contribution in [3.8, 4) is 0 Å². The summed E-state index contributed by atoms with van der Waals surface area (Å²) in [5.41, 5.74) is -1.52. The third-order valence-corrected chi connectivity index (χ3v) is 2.74. The van der Waals surface area contributed by atoms with E-state index in [1.165, 1.54) is 0 Å². The number of aromatic nitrogens is 1. The van der Waals surface area contributed by atoms with E-state index in [1.807, 2.05) is 0 Å². The summed E-state index contributed by atoms with van der Waals surface area (Å²) in [5, 5.41) is 0. The number of carbonyl (C=O) groups is 1. The van der Waals surface area contributed by atoms with Gasteiger partial charge in [0.2, 0.25) is 0 Å². The molecule has 1 aromatic heterocycles. The molecule has 0 aliphatic rings. The Balaban J connectivity index is 2.93. The Morgan fingerprint density at radius 3 is 2.23 bits per heavy atom. The first-order valence-corrected chi connectivity index (χ1v) is 6.44. The van der Waals surface area contributed by atoms with Crippen molar-refractivity contribution in [1.82, 2.24) is 9.88 Å². The molecule has 1 heterocycles. The van der Waals surface area contributed by atoms with Crippen molar-refractivity contribution >= 4 is 5.91 Å². The zero-order valence-electron chi connectivity index (χ0n) is 11.6. The fraction of sp³-hybridized carbons (Fsp3) is 0.538. The van der Waals surface area contributed by atoms with Gasteiger partial charge in [0.15, 0.2) is 0 Å². The number of hydrogen-bond donors (Lipinski definition) is 0. The van der Waals surface area contributed by atoms with Crippen molar-refractivity contribution in [3.63, 3.8) is 0 Å². The van der Waals surface area contributed by atoms with Gasteiger partial charge in [-0.3, -0.25) is 9.78 Å². The highest BCUT2D eigenvalue weighted by Gasteiger charge is 2.34. The van der Waals surface area contributed by atoms with E-state index >= 15 is 0 Å². The smallest absolute Gasteiger partial charge is 0.329 e. The molecule has 1 aromatic rings. The van der Waals surface area contributed by atoms with Gasteiger partial charge in [-0.05, 0) is 18.6 Å². The molecule has 0 aromatic carbocycles. The van der Waals surface area contributed by atoms with Crippen LogP contribution in [0.2, 0.25) is 0 Å². The Hall–Kier alpha value is -1.80. The quantitative estimate of drug-likeness (QED) is 0.768. The highest BCUT2D eigenvalue weighted by atomic mass is 19.4. The van der Waals surface area contributed by atoms with Crippen molar-refractivity contribution < 1.29 is 31.1 Å². The molecule has 1 amide bonds. The normalized spacial score (nSPS) is 12.3. The van der Waals surface area contributed by atoms with E-state index in [-0.39, 0.29) is 12.1 Å². The van der Waals surface area contributed by atoms with Gasteiger partial charge in [0.1, 0.15) is 12.2 Å². The van der Waals surface area contributed by atoms with Gasteiger partial charge in [0, 0.05) is 12.7 Å². The summed E-state index contributed by atoms with van der Waals surface area (Å²) in [5.74, 6) is -0.994. The van der Waals surface area contributed by atoms with E-state index in [1.54, 1.807) is 6.92 Å². The molecular weight excluding hydrogens is 314 g/mol. The molecule has 0 N–H and O–H groups in total. The SMILES string of the molecule is CCCCN(CC(F)(F)F)C(=O)c1ccc(C(F)(F)F)nc1. The van der Waals surface area contributed by atoms with Crippen molar-refractivity contribution in [2.75, 3.05) is 13.1 Å². The first-order valence-electron chi connectivity index (χ1n) is 6.44. The molecule has 22 heavy (non-hydrogen) atoms. The van der Waals surface area contributed by atoms with E-state index in [9.17, 15) is 31.1 Å². The summed E-state index contributed by atoms with van der Waals surface area (Å²) in [7, 11) is 0. The number of amides is 1. The second-order valence-electron chi connectivity index (χ2n) is 4.63. The van der Waals surface area contributed by atoms with Crippen molar-refractivity contribution in [2.24, 2.45) is 0 Å². The molecule has 0 saturated carbocycles. The summed E-state index contributed by atoms with van der Waals surface area (Å²) < 4.78 is 74.5. The van der Waals surface area contributed by atoms with Gasteiger partial charge in [0.05, 0.1) is 5.56 Å². The third kappa shape index (κ3) is 5.53. The topological polar surface area (TPSA) is 33.2 Å². The zero-order valence-corrected chi connectivity index (χ0v) is 11.6. The molecule has 9 heteroatoms. The molecule has 0 fully saturated rings. The number of carbonyl (C=O) groups excluding carboxylic acids is 1. The van der Waals surface area contributed by atoms with Crippen LogP contribution in [0.15, 0.2) is 18.3 Å². The fourth-order valence-corrected chi connectivity index (χ4v) is 1.69. The molecule has 0 unspecified atom stereocenters. The number of rotatable bonds is 5. The second kappa shape index (κ2) is 6.97. The minimum absolute atomic E-state index is 0.129. The first-order chi connectivity index (χ1) is 10.0. The molecule has 1 rings (SSSR count). The largest absolute Gasteiger partial charge is 0.433 e. The van der Waals surface area contributed by atoms with Gasteiger partial charge in [-0.2, -0.15) is 26.3 Å². The first kappa shape index (κ1) is 18.2. The lowest BCUT2D eigenvalue weighted by atomic mass is 10.2. The predicted molar refractivity (Wildman–Crippen MR) is 66.1 cm³/mol. The Morgan fingerprint density at radius 2 is 1.82 bits per heavy atom. The van der Waals surface area contributed by atoms with E-state index in [0.29, 0.717) is 30.0 Å². The minimum Gasteiger partial charge on any atom is -0.329 e. The molecule has 0 atom stereocenters.